The average molecular weight is 374 g/mol. The number of hydrogen-bond donors (Lipinski definition) is 1. The van der Waals surface area contributed by atoms with Crippen LogP contribution < -0.4 is 10.1 Å². The number of hydrogen-bond acceptors (Lipinski definition) is 4. The van der Waals surface area contributed by atoms with Gasteiger partial charge in [-0.15, -0.1) is 0 Å². The lowest BCUT2D eigenvalue weighted by Gasteiger charge is -2.36. The smallest absolute Gasteiger partial charge is 0.173 e. The SMILES string of the molecule is CCn1ncc(CN2CCN(C(=S)Nc3ccccc3OC)CC2)c1C. The number of nitrogens with zero attached hydrogens (tertiary/aromatic N) is 4. The summed E-state index contributed by atoms with van der Waals surface area (Å²) >= 11 is 5.60. The number of methoxy groups -OCH3 is 1. The molecular weight excluding hydrogens is 346 g/mol. The topological polar surface area (TPSA) is 45.6 Å². The summed E-state index contributed by atoms with van der Waals surface area (Å²) in [7, 11) is 1.67. The van der Waals surface area contributed by atoms with E-state index in [0.717, 1.165) is 55.8 Å². The minimum Gasteiger partial charge on any atom is -0.495 e. The number of rotatable bonds is 5. The lowest BCUT2D eigenvalue weighted by Crippen LogP contribution is -2.49. The summed E-state index contributed by atoms with van der Waals surface area (Å²) in [5.41, 5.74) is 3.49. The Balaban J connectivity index is 1.53. The Morgan fingerprint density at radius 3 is 2.62 bits per heavy atom. The van der Waals surface area contributed by atoms with Crippen molar-refractivity contribution in [1.82, 2.24) is 19.6 Å². The first kappa shape index (κ1) is 18.7. The van der Waals surface area contributed by atoms with E-state index in [0.29, 0.717) is 0 Å². The summed E-state index contributed by atoms with van der Waals surface area (Å²) in [5.74, 6) is 0.803. The Kier molecular flexibility index (Phi) is 6.11. The average Bonchev–Trinajstić information content (AvgIpc) is 3.02. The Morgan fingerprint density at radius 2 is 1.96 bits per heavy atom. The molecule has 1 aliphatic rings. The number of nitrogens with one attached hydrogen (secondary N) is 1. The molecule has 3 rings (SSSR count). The number of para-hydroxylation sites is 2. The summed E-state index contributed by atoms with van der Waals surface area (Å²) in [4.78, 5) is 4.69. The number of ether oxygens (including phenoxy) is 1. The third-order valence-corrected chi connectivity index (χ3v) is 5.27. The van der Waals surface area contributed by atoms with Crippen molar-refractivity contribution in [3.63, 3.8) is 0 Å². The molecule has 1 fully saturated rings. The molecule has 1 N–H and O–H groups in total. The lowest BCUT2D eigenvalue weighted by atomic mass is 10.2. The molecule has 0 saturated carbocycles. The maximum Gasteiger partial charge on any atom is 0.173 e. The summed E-state index contributed by atoms with van der Waals surface area (Å²) in [6, 6.07) is 7.84. The highest BCUT2D eigenvalue weighted by atomic mass is 32.1. The summed E-state index contributed by atoms with van der Waals surface area (Å²) in [5, 5.41) is 8.51. The molecule has 140 valence electrons. The Hall–Kier alpha value is -2.12. The number of piperazine rings is 1. The first-order chi connectivity index (χ1) is 12.6. The largest absolute Gasteiger partial charge is 0.495 e. The van der Waals surface area contributed by atoms with Gasteiger partial charge in [-0.25, -0.2) is 0 Å². The van der Waals surface area contributed by atoms with Gasteiger partial charge in [-0.05, 0) is 38.2 Å². The van der Waals surface area contributed by atoms with Gasteiger partial charge in [0.15, 0.2) is 5.11 Å². The second-order valence-corrected chi connectivity index (χ2v) is 6.85. The molecule has 0 bridgehead atoms. The van der Waals surface area contributed by atoms with Crippen molar-refractivity contribution in [3.05, 3.63) is 41.7 Å². The van der Waals surface area contributed by atoms with Gasteiger partial charge < -0.3 is 15.0 Å². The summed E-state index contributed by atoms with van der Waals surface area (Å²) in [6.07, 6.45) is 2.00. The van der Waals surface area contributed by atoms with Crippen molar-refractivity contribution in [1.29, 1.82) is 0 Å². The standard InChI is InChI=1S/C19H27N5OS/c1-4-24-15(2)16(13-20-24)14-22-9-11-23(12-10-22)19(26)21-17-7-5-6-8-18(17)25-3/h5-8,13H,4,9-12,14H2,1-3H3,(H,21,26). The van der Waals surface area contributed by atoms with E-state index in [4.69, 9.17) is 17.0 Å². The van der Waals surface area contributed by atoms with Gasteiger partial charge in [-0.1, -0.05) is 12.1 Å². The normalized spacial score (nSPS) is 15.1. The fourth-order valence-electron chi connectivity index (χ4n) is 3.25. The molecule has 0 unspecified atom stereocenters. The van der Waals surface area contributed by atoms with Gasteiger partial charge >= 0.3 is 0 Å². The first-order valence-corrected chi connectivity index (χ1v) is 9.45. The van der Waals surface area contributed by atoms with E-state index in [1.165, 1.54) is 11.3 Å². The van der Waals surface area contributed by atoms with E-state index in [1.54, 1.807) is 7.11 Å². The van der Waals surface area contributed by atoms with E-state index in [9.17, 15) is 0 Å². The monoisotopic (exact) mass is 373 g/mol. The number of aryl methyl sites for hydroxylation is 1. The van der Waals surface area contributed by atoms with Gasteiger partial charge in [0.1, 0.15) is 5.75 Å². The maximum atomic E-state index is 5.60. The zero-order valence-electron chi connectivity index (χ0n) is 15.7. The second kappa shape index (κ2) is 8.51. The van der Waals surface area contributed by atoms with Crippen molar-refractivity contribution in [2.45, 2.75) is 26.9 Å². The maximum absolute atomic E-state index is 5.60. The van der Waals surface area contributed by atoms with E-state index in [-0.39, 0.29) is 0 Å². The molecule has 2 aromatic rings. The van der Waals surface area contributed by atoms with E-state index in [1.807, 2.05) is 30.5 Å². The van der Waals surface area contributed by atoms with Crippen LogP contribution in [-0.4, -0.2) is 58.0 Å². The minimum absolute atomic E-state index is 0.754. The number of anilines is 1. The zero-order valence-corrected chi connectivity index (χ0v) is 16.6. The Morgan fingerprint density at radius 1 is 1.23 bits per heavy atom. The lowest BCUT2D eigenvalue weighted by molar-refractivity contribution is 0.176. The third-order valence-electron chi connectivity index (χ3n) is 4.91. The van der Waals surface area contributed by atoms with Crippen molar-refractivity contribution in [2.24, 2.45) is 0 Å². The molecule has 0 atom stereocenters. The highest BCUT2D eigenvalue weighted by Gasteiger charge is 2.20. The van der Waals surface area contributed by atoms with Crippen LogP contribution in [-0.2, 0) is 13.1 Å². The van der Waals surface area contributed by atoms with Crippen LogP contribution in [0.5, 0.6) is 5.75 Å². The van der Waals surface area contributed by atoms with Crippen molar-refractivity contribution < 1.29 is 4.74 Å². The van der Waals surface area contributed by atoms with Crippen molar-refractivity contribution in [3.8, 4) is 5.75 Å². The molecule has 6 nitrogen and oxygen atoms in total. The van der Waals surface area contributed by atoms with Gasteiger partial charge in [0, 0.05) is 50.5 Å². The molecule has 1 aromatic heterocycles. The number of thiocarbonyl (C=S) groups is 1. The van der Waals surface area contributed by atoms with Gasteiger partial charge in [0.25, 0.3) is 0 Å². The molecule has 0 spiro atoms. The van der Waals surface area contributed by atoms with Gasteiger partial charge in [0.05, 0.1) is 19.0 Å². The molecular formula is C19H27N5OS. The summed E-state index contributed by atoms with van der Waals surface area (Å²) < 4.78 is 7.44. The Labute approximate surface area is 160 Å². The van der Waals surface area contributed by atoms with Crippen LogP contribution in [0.15, 0.2) is 30.5 Å². The predicted octanol–water partition coefficient (Wildman–Crippen LogP) is 2.73. The van der Waals surface area contributed by atoms with Gasteiger partial charge in [-0.2, -0.15) is 5.10 Å². The quantitative estimate of drug-likeness (QED) is 0.813. The Bertz CT molecular complexity index is 752. The van der Waals surface area contributed by atoms with Crippen LogP contribution in [0, 0.1) is 6.92 Å². The van der Waals surface area contributed by atoms with Crippen LogP contribution in [0.2, 0.25) is 0 Å². The molecule has 1 saturated heterocycles. The molecule has 2 heterocycles. The van der Waals surface area contributed by atoms with E-state index in [2.05, 4.69) is 38.7 Å². The van der Waals surface area contributed by atoms with Crippen molar-refractivity contribution in [2.75, 3.05) is 38.6 Å². The van der Waals surface area contributed by atoms with E-state index >= 15 is 0 Å². The fraction of sp³-hybridized carbons (Fsp3) is 0.474. The molecule has 1 aromatic carbocycles. The molecule has 26 heavy (non-hydrogen) atoms. The predicted molar refractivity (Wildman–Crippen MR) is 109 cm³/mol. The van der Waals surface area contributed by atoms with E-state index < -0.39 is 0 Å². The van der Waals surface area contributed by atoms with Crippen LogP contribution in [0.25, 0.3) is 0 Å². The van der Waals surface area contributed by atoms with Crippen LogP contribution in [0.4, 0.5) is 5.69 Å². The molecule has 0 radical (unpaired) electrons. The minimum atomic E-state index is 0.754. The van der Waals surface area contributed by atoms with Crippen LogP contribution in [0.3, 0.4) is 0 Å². The first-order valence-electron chi connectivity index (χ1n) is 9.05. The molecule has 7 heteroatoms. The van der Waals surface area contributed by atoms with Crippen LogP contribution >= 0.6 is 12.2 Å². The summed E-state index contributed by atoms with van der Waals surface area (Å²) in [6.45, 7) is 9.96. The fourth-order valence-corrected chi connectivity index (χ4v) is 3.54. The number of aromatic nitrogens is 2. The van der Waals surface area contributed by atoms with Crippen molar-refractivity contribution >= 4 is 23.0 Å². The molecule has 0 aliphatic carbocycles. The third kappa shape index (κ3) is 4.16. The second-order valence-electron chi connectivity index (χ2n) is 6.46. The van der Waals surface area contributed by atoms with Gasteiger partial charge in [0.2, 0.25) is 0 Å². The highest BCUT2D eigenvalue weighted by Crippen LogP contribution is 2.23. The molecule has 0 amide bonds. The highest BCUT2D eigenvalue weighted by molar-refractivity contribution is 7.80. The van der Waals surface area contributed by atoms with Gasteiger partial charge in [-0.3, -0.25) is 9.58 Å². The molecule has 1 aliphatic heterocycles. The zero-order chi connectivity index (χ0) is 18.5. The van der Waals surface area contributed by atoms with Crippen LogP contribution in [0.1, 0.15) is 18.2 Å². The number of benzene rings is 1.